The highest BCUT2D eigenvalue weighted by molar-refractivity contribution is 7.17. The van der Waals surface area contributed by atoms with Crippen LogP contribution in [0, 0.1) is 22.0 Å². The van der Waals surface area contributed by atoms with Gasteiger partial charge < -0.3 is 10.6 Å². The molecule has 8 heteroatoms. The van der Waals surface area contributed by atoms with Gasteiger partial charge in [-0.15, -0.1) is 12.4 Å². The molecule has 0 bridgehead atoms. The van der Waals surface area contributed by atoms with E-state index in [0.29, 0.717) is 23.3 Å². The third kappa shape index (κ3) is 3.04. The first-order valence-corrected chi connectivity index (χ1v) is 7.67. The van der Waals surface area contributed by atoms with Gasteiger partial charge in [-0.05, 0) is 30.7 Å². The molecule has 1 saturated carbocycles. The van der Waals surface area contributed by atoms with Crippen molar-refractivity contribution in [2.45, 2.75) is 25.3 Å². The van der Waals surface area contributed by atoms with Gasteiger partial charge in [0.2, 0.25) is 0 Å². The van der Waals surface area contributed by atoms with Crippen molar-refractivity contribution >= 4 is 34.7 Å². The second-order valence-electron chi connectivity index (χ2n) is 5.62. The van der Waals surface area contributed by atoms with Gasteiger partial charge in [-0.1, -0.05) is 17.8 Å². The van der Waals surface area contributed by atoms with Gasteiger partial charge in [0.05, 0.1) is 9.80 Å². The predicted molar refractivity (Wildman–Crippen MR) is 82.9 cm³/mol. The molecule has 1 aromatic heterocycles. The average molecular weight is 332 g/mol. The molecule has 1 aliphatic heterocycles. The van der Waals surface area contributed by atoms with Crippen LogP contribution in [-0.4, -0.2) is 34.9 Å². The fourth-order valence-electron chi connectivity index (χ4n) is 3.38. The number of halogens is 1. The zero-order chi connectivity index (χ0) is 14.3. The standard InChI is InChI=1S/C13H17N3O3S.ClH/c14-10-3-1-2-8-6-15(7-9(8)10)13(17)11-4-5-12(20-11)16(18)19;/h4-5,8-10H,1-3,6-7,14H2;1H. The van der Waals surface area contributed by atoms with E-state index in [1.165, 1.54) is 6.07 Å². The quantitative estimate of drug-likeness (QED) is 0.665. The number of rotatable bonds is 2. The summed E-state index contributed by atoms with van der Waals surface area (Å²) in [7, 11) is 0. The van der Waals surface area contributed by atoms with Crippen LogP contribution in [-0.2, 0) is 0 Å². The largest absolute Gasteiger partial charge is 0.337 e. The van der Waals surface area contributed by atoms with Crippen molar-refractivity contribution in [3.05, 3.63) is 27.1 Å². The number of nitro groups is 1. The molecule has 1 amide bonds. The Balaban J connectivity index is 0.00000161. The van der Waals surface area contributed by atoms with Gasteiger partial charge in [-0.3, -0.25) is 14.9 Å². The monoisotopic (exact) mass is 331 g/mol. The van der Waals surface area contributed by atoms with Gasteiger partial charge >= 0.3 is 5.00 Å². The molecule has 3 atom stereocenters. The molecule has 2 N–H and O–H groups in total. The van der Waals surface area contributed by atoms with E-state index in [9.17, 15) is 14.9 Å². The Labute approximate surface area is 132 Å². The summed E-state index contributed by atoms with van der Waals surface area (Å²) in [5.41, 5.74) is 6.14. The van der Waals surface area contributed by atoms with Crippen LogP contribution < -0.4 is 5.73 Å². The van der Waals surface area contributed by atoms with Crippen LogP contribution in [0.25, 0.3) is 0 Å². The van der Waals surface area contributed by atoms with Crippen molar-refractivity contribution in [1.82, 2.24) is 4.90 Å². The van der Waals surface area contributed by atoms with Crippen molar-refractivity contribution in [2.75, 3.05) is 13.1 Å². The van der Waals surface area contributed by atoms with Crippen LogP contribution in [0.5, 0.6) is 0 Å². The lowest BCUT2D eigenvalue weighted by atomic mass is 9.78. The number of fused-ring (bicyclic) bond motifs is 1. The summed E-state index contributed by atoms with van der Waals surface area (Å²) >= 11 is 0.948. The summed E-state index contributed by atoms with van der Waals surface area (Å²) in [6, 6.07) is 3.13. The van der Waals surface area contributed by atoms with Gasteiger partial charge in [0.25, 0.3) is 5.91 Å². The van der Waals surface area contributed by atoms with E-state index < -0.39 is 4.92 Å². The second-order valence-corrected chi connectivity index (χ2v) is 6.69. The van der Waals surface area contributed by atoms with Gasteiger partial charge in [0.1, 0.15) is 0 Å². The molecular formula is C13H18ClN3O3S. The summed E-state index contributed by atoms with van der Waals surface area (Å²) in [5, 5.41) is 10.7. The lowest BCUT2D eigenvalue weighted by Crippen LogP contribution is -2.38. The molecule has 116 valence electrons. The molecule has 6 nitrogen and oxygen atoms in total. The van der Waals surface area contributed by atoms with E-state index in [0.717, 1.165) is 37.1 Å². The van der Waals surface area contributed by atoms with Crippen molar-refractivity contribution in [1.29, 1.82) is 0 Å². The highest BCUT2D eigenvalue weighted by atomic mass is 35.5. The highest BCUT2D eigenvalue weighted by Crippen LogP contribution is 2.36. The van der Waals surface area contributed by atoms with E-state index in [1.807, 2.05) is 4.90 Å². The van der Waals surface area contributed by atoms with Crippen LogP contribution in [0.2, 0.25) is 0 Å². The molecule has 1 aliphatic carbocycles. The zero-order valence-electron chi connectivity index (χ0n) is 11.4. The predicted octanol–water partition coefficient (Wildman–Crippen LogP) is 2.28. The van der Waals surface area contributed by atoms with E-state index >= 15 is 0 Å². The highest BCUT2D eigenvalue weighted by Gasteiger charge is 2.40. The summed E-state index contributed by atoms with van der Waals surface area (Å²) in [4.78, 5) is 24.9. The van der Waals surface area contributed by atoms with Crippen molar-refractivity contribution in [2.24, 2.45) is 17.6 Å². The van der Waals surface area contributed by atoms with Gasteiger partial charge in [0.15, 0.2) is 0 Å². The maximum absolute atomic E-state index is 12.4. The Hall–Kier alpha value is -1.18. The van der Waals surface area contributed by atoms with Crippen molar-refractivity contribution in [3.8, 4) is 0 Å². The fourth-order valence-corrected chi connectivity index (χ4v) is 4.17. The molecule has 0 aromatic carbocycles. The molecule has 2 fully saturated rings. The normalized spacial score (nSPS) is 27.9. The number of thiophene rings is 1. The Kier molecular flexibility index (Phi) is 4.85. The molecule has 1 aromatic rings. The first-order chi connectivity index (χ1) is 9.56. The van der Waals surface area contributed by atoms with Crippen molar-refractivity contribution < 1.29 is 9.72 Å². The number of carbonyl (C=O) groups excluding carboxylic acids is 1. The van der Waals surface area contributed by atoms with Gasteiger partial charge in [-0.2, -0.15) is 0 Å². The summed E-state index contributed by atoms with van der Waals surface area (Å²) in [6.07, 6.45) is 3.30. The molecule has 0 spiro atoms. The minimum absolute atomic E-state index is 0. The van der Waals surface area contributed by atoms with E-state index in [2.05, 4.69) is 0 Å². The van der Waals surface area contributed by atoms with Crippen LogP contribution in [0.3, 0.4) is 0 Å². The number of likely N-dealkylation sites (tertiary alicyclic amines) is 1. The SMILES string of the molecule is Cl.NC1CCCC2CN(C(=O)c3ccc([N+](=O)[O-])s3)CC12. The Morgan fingerprint density at radius 1 is 1.38 bits per heavy atom. The Morgan fingerprint density at radius 2 is 2.14 bits per heavy atom. The first-order valence-electron chi connectivity index (χ1n) is 6.85. The average Bonchev–Trinajstić information content (AvgIpc) is 3.05. The Bertz CT molecular complexity index is 551. The smallest absolute Gasteiger partial charge is 0.324 e. The topological polar surface area (TPSA) is 89.5 Å². The lowest BCUT2D eigenvalue weighted by molar-refractivity contribution is -0.380. The second kappa shape index (κ2) is 6.29. The van der Waals surface area contributed by atoms with Crippen LogP contribution in [0.4, 0.5) is 5.00 Å². The minimum atomic E-state index is -0.457. The van der Waals surface area contributed by atoms with E-state index in [1.54, 1.807) is 6.07 Å². The minimum Gasteiger partial charge on any atom is -0.337 e. The van der Waals surface area contributed by atoms with Crippen LogP contribution >= 0.6 is 23.7 Å². The van der Waals surface area contributed by atoms with E-state index in [-0.39, 0.29) is 29.4 Å². The zero-order valence-corrected chi connectivity index (χ0v) is 13.1. The van der Waals surface area contributed by atoms with Gasteiger partial charge in [-0.25, -0.2) is 0 Å². The molecule has 3 rings (SSSR count). The third-order valence-electron chi connectivity index (χ3n) is 4.42. The molecule has 2 aliphatic rings. The maximum atomic E-state index is 12.4. The molecule has 2 heterocycles. The fraction of sp³-hybridized carbons (Fsp3) is 0.615. The van der Waals surface area contributed by atoms with Crippen molar-refractivity contribution in [3.63, 3.8) is 0 Å². The molecular weight excluding hydrogens is 314 g/mol. The number of amides is 1. The Morgan fingerprint density at radius 3 is 2.76 bits per heavy atom. The first kappa shape index (κ1) is 16.2. The molecule has 1 saturated heterocycles. The number of hydrogen-bond donors (Lipinski definition) is 1. The molecule has 21 heavy (non-hydrogen) atoms. The maximum Gasteiger partial charge on any atom is 0.324 e. The van der Waals surface area contributed by atoms with Gasteiger partial charge in [0, 0.05) is 25.2 Å². The number of carbonyl (C=O) groups is 1. The third-order valence-corrected chi connectivity index (χ3v) is 5.45. The molecule has 0 radical (unpaired) electrons. The molecule has 3 unspecified atom stereocenters. The van der Waals surface area contributed by atoms with Crippen LogP contribution in [0.15, 0.2) is 12.1 Å². The summed E-state index contributed by atoms with van der Waals surface area (Å²) in [5.74, 6) is 0.796. The van der Waals surface area contributed by atoms with E-state index in [4.69, 9.17) is 5.73 Å². The number of hydrogen-bond acceptors (Lipinski definition) is 5. The lowest BCUT2D eigenvalue weighted by Gasteiger charge is -2.29. The number of nitrogens with zero attached hydrogens (tertiary/aromatic N) is 2. The summed E-state index contributed by atoms with van der Waals surface area (Å²) in [6.45, 7) is 1.43. The summed E-state index contributed by atoms with van der Waals surface area (Å²) < 4.78 is 0. The number of nitrogens with two attached hydrogens (primary N) is 1. The van der Waals surface area contributed by atoms with Crippen LogP contribution in [0.1, 0.15) is 28.9 Å².